The number of ketones is 2. The van der Waals surface area contributed by atoms with E-state index < -0.39 is 23.9 Å². The number of carbonyl (C=O) groups is 8. The van der Waals surface area contributed by atoms with Crippen LogP contribution in [0.1, 0.15) is 85.0 Å². The van der Waals surface area contributed by atoms with Gasteiger partial charge in [-0.15, -0.1) is 0 Å². The monoisotopic (exact) mass is 1050 g/mol. The van der Waals surface area contributed by atoms with Gasteiger partial charge < -0.3 is 75.5 Å². The second-order valence-electron chi connectivity index (χ2n) is 16.5. The number of hydrogen-bond donors (Lipinski definition) is 8. The second kappa shape index (κ2) is 49.4. The van der Waals surface area contributed by atoms with E-state index in [1.807, 2.05) is 0 Å². The van der Waals surface area contributed by atoms with Gasteiger partial charge in [-0.05, 0) is 65.7 Å². The van der Waals surface area contributed by atoms with Gasteiger partial charge >= 0.3 is 0 Å². The number of primary amides is 2. The molecule has 0 saturated heterocycles. The molecule has 0 heterocycles. The number of ether oxygens (including phenoxy) is 8. The highest BCUT2D eigenvalue weighted by molar-refractivity contribution is 5.87. The Kier molecular flexibility index (Phi) is 46.2. The molecule has 0 aromatic heterocycles. The fourth-order valence-corrected chi connectivity index (χ4v) is 5.86. The van der Waals surface area contributed by atoms with E-state index in [-0.39, 0.29) is 101 Å². The van der Waals surface area contributed by atoms with Crippen molar-refractivity contribution in [3.8, 4) is 0 Å². The Balaban J connectivity index is 3.53. The lowest BCUT2D eigenvalue weighted by Gasteiger charge is -2.14. The molecule has 0 saturated carbocycles. The van der Waals surface area contributed by atoms with Crippen molar-refractivity contribution in [2.24, 2.45) is 16.6 Å². The maximum Gasteiger partial charge on any atom is 0.260 e. The van der Waals surface area contributed by atoms with E-state index in [0.717, 1.165) is 0 Å². The maximum absolute atomic E-state index is 12.1. The Morgan fingerprint density at radius 2 is 0.726 bits per heavy atom. The van der Waals surface area contributed by atoms with Crippen molar-refractivity contribution in [1.29, 1.82) is 0 Å². The average Bonchev–Trinajstić information content (AvgIpc) is 3.34. The molecule has 6 amide bonds. The summed E-state index contributed by atoms with van der Waals surface area (Å²) >= 11 is 0. The maximum atomic E-state index is 12.1. The Bertz CT molecular complexity index is 1550. The van der Waals surface area contributed by atoms with Crippen molar-refractivity contribution in [2.75, 3.05) is 152 Å². The van der Waals surface area contributed by atoms with E-state index in [1.165, 1.54) is 13.8 Å². The first-order valence-corrected chi connectivity index (χ1v) is 25.1. The minimum atomic E-state index is -0.569. The van der Waals surface area contributed by atoms with Crippen LogP contribution >= 0.6 is 0 Å². The molecule has 2 atom stereocenters. The molecule has 26 nitrogen and oxygen atoms in total. The molecule has 0 aromatic carbocycles. The predicted octanol–water partition coefficient (Wildman–Crippen LogP) is -2.06. The summed E-state index contributed by atoms with van der Waals surface area (Å²) in [5.74, 6) is -1.96. The normalized spacial score (nSPS) is 12.2. The zero-order chi connectivity index (χ0) is 54.0. The smallest absolute Gasteiger partial charge is 0.260 e. The Hall–Kier alpha value is -4.77. The van der Waals surface area contributed by atoms with E-state index in [9.17, 15) is 38.4 Å². The molecule has 0 aliphatic carbocycles. The Labute approximate surface area is 430 Å². The summed E-state index contributed by atoms with van der Waals surface area (Å²) in [6.07, 6.45) is 4.66. The topological polar surface area (TPSA) is 356 Å². The average molecular weight is 1050 g/mol. The molecule has 0 fully saturated rings. The molecule has 26 heteroatoms. The number of oxime groups is 1. The standard InChI is InChI=1S/C47H87N9O17/c1-37(10-11-42(59)52-16-20-67-24-28-71-32-30-69-26-22-65-18-12-43(60)50-14-6-4-8-40(46(48)63)54-34-38(2)57)56-73-36-45(62)53-17-21-68-25-29-72-33-31-70-27-23-66-19-13-44(61)51-15-7-5-9-41(47(49)64)55-35-39(3)58/h40-41,54-55H,4-36H2,1-3H3,(H2,48,63)(H2,49,64)(H,50,60)(H,51,61)(H,52,59)(H,53,62)/b56-37+/t40-,41-/m0/s1. The van der Waals surface area contributed by atoms with Gasteiger partial charge in [-0.1, -0.05) is 5.16 Å². The number of nitrogens with one attached hydrogen (secondary N) is 6. The number of amides is 6. The van der Waals surface area contributed by atoms with Gasteiger partial charge in [0.1, 0.15) is 11.6 Å². The first-order chi connectivity index (χ1) is 35.2. The zero-order valence-electron chi connectivity index (χ0n) is 43.5. The van der Waals surface area contributed by atoms with Gasteiger partial charge in [-0.25, -0.2) is 0 Å². The largest absolute Gasteiger partial charge is 0.386 e. The van der Waals surface area contributed by atoms with Crippen LogP contribution in [-0.4, -0.2) is 216 Å². The van der Waals surface area contributed by atoms with E-state index in [1.54, 1.807) is 6.92 Å². The molecule has 0 bridgehead atoms. The van der Waals surface area contributed by atoms with Crippen LogP contribution in [0.5, 0.6) is 0 Å². The third kappa shape index (κ3) is 49.2. The van der Waals surface area contributed by atoms with Crippen molar-refractivity contribution in [2.45, 2.75) is 97.1 Å². The summed E-state index contributed by atoms with van der Waals surface area (Å²) in [6, 6.07) is -1.14. The number of hydrogen-bond acceptors (Lipinski definition) is 20. The number of carbonyl (C=O) groups excluding carboxylic acids is 8. The zero-order valence-corrected chi connectivity index (χ0v) is 43.5. The summed E-state index contributed by atoms with van der Waals surface area (Å²) in [5, 5.41) is 20.6. The third-order valence-corrected chi connectivity index (χ3v) is 9.81. The molecule has 0 aliphatic rings. The molecular weight excluding hydrogens is 963 g/mol. The molecule has 0 unspecified atom stereocenters. The van der Waals surface area contributed by atoms with Crippen molar-refractivity contribution in [3.05, 3.63) is 0 Å². The molecule has 0 aromatic rings. The van der Waals surface area contributed by atoms with Gasteiger partial charge in [0, 0.05) is 45.4 Å². The van der Waals surface area contributed by atoms with Crippen LogP contribution in [0.4, 0.5) is 0 Å². The van der Waals surface area contributed by atoms with Crippen LogP contribution in [0.25, 0.3) is 0 Å². The van der Waals surface area contributed by atoms with Gasteiger partial charge in [0.25, 0.3) is 5.91 Å². The fraction of sp³-hybridized carbons (Fsp3) is 0.809. The van der Waals surface area contributed by atoms with Gasteiger partial charge in [-0.3, -0.25) is 49.0 Å². The first kappa shape index (κ1) is 68.2. The number of unbranched alkanes of at least 4 members (excludes halogenated alkanes) is 2. The van der Waals surface area contributed by atoms with Gasteiger partial charge in [0.05, 0.1) is 137 Å². The van der Waals surface area contributed by atoms with Crippen LogP contribution in [0.3, 0.4) is 0 Å². The highest BCUT2D eigenvalue weighted by Crippen LogP contribution is 2.02. The van der Waals surface area contributed by atoms with Crippen LogP contribution in [-0.2, 0) is 81.1 Å². The van der Waals surface area contributed by atoms with Crippen LogP contribution < -0.4 is 43.4 Å². The predicted molar refractivity (Wildman–Crippen MR) is 267 cm³/mol. The van der Waals surface area contributed by atoms with Gasteiger partial charge in [-0.2, -0.15) is 0 Å². The molecule has 73 heavy (non-hydrogen) atoms. The van der Waals surface area contributed by atoms with Gasteiger partial charge in [0.15, 0.2) is 6.61 Å². The Morgan fingerprint density at radius 1 is 0.397 bits per heavy atom. The molecule has 10 N–H and O–H groups in total. The highest BCUT2D eigenvalue weighted by atomic mass is 16.6. The molecule has 0 aliphatic heterocycles. The van der Waals surface area contributed by atoms with Crippen molar-refractivity contribution < 1.29 is 81.1 Å². The molecule has 0 rings (SSSR count). The number of nitrogens with zero attached hydrogens (tertiary/aromatic N) is 1. The lowest BCUT2D eigenvalue weighted by atomic mass is 10.1. The highest BCUT2D eigenvalue weighted by Gasteiger charge is 2.16. The van der Waals surface area contributed by atoms with Crippen molar-refractivity contribution >= 4 is 52.7 Å². The summed E-state index contributed by atoms with van der Waals surface area (Å²) < 4.78 is 43.6. The minimum Gasteiger partial charge on any atom is -0.386 e. The van der Waals surface area contributed by atoms with Crippen molar-refractivity contribution in [3.63, 3.8) is 0 Å². The molecular formula is C47H87N9O17. The summed E-state index contributed by atoms with van der Waals surface area (Å²) in [5.41, 5.74) is 11.3. The third-order valence-electron chi connectivity index (χ3n) is 9.81. The van der Waals surface area contributed by atoms with E-state index in [2.05, 4.69) is 37.1 Å². The van der Waals surface area contributed by atoms with E-state index in [4.69, 9.17) is 54.2 Å². The van der Waals surface area contributed by atoms with Crippen molar-refractivity contribution in [1.82, 2.24) is 31.9 Å². The van der Waals surface area contributed by atoms with Crippen LogP contribution in [0.2, 0.25) is 0 Å². The lowest BCUT2D eigenvalue weighted by molar-refractivity contribution is -0.126. The fourth-order valence-electron chi connectivity index (χ4n) is 5.86. The molecule has 0 radical (unpaired) electrons. The SMILES string of the molecule is CC(=O)CN[C@@H](CCCCNC(=O)CCOCCOCCOCCOCCNC(=O)CC/C(C)=N/OCC(=O)NCCOCCOCCOCCOCCC(=O)NCCCC[C@H](NCC(C)=O)C(N)=O)C(N)=O. The number of nitrogens with two attached hydrogens (primary N) is 2. The quantitative estimate of drug-likeness (QED) is 0.0184. The van der Waals surface area contributed by atoms with E-state index in [0.29, 0.717) is 156 Å². The lowest BCUT2D eigenvalue weighted by Crippen LogP contribution is -2.43. The summed E-state index contributed by atoms with van der Waals surface area (Å²) in [4.78, 5) is 98.2. The van der Waals surface area contributed by atoms with Gasteiger partial charge in [0.2, 0.25) is 29.5 Å². The molecule has 0 spiro atoms. The molecule has 422 valence electrons. The Morgan fingerprint density at radius 3 is 1.10 bits per heavy atom. The number of Topliss-reactive ketones (excluding diaryl/α,β-unsaturated/α-hetero) is 2. The summed E-state index contributed by atoms with van der Waals surface area (Å²) in [6.45, 7) is 11.5. The van der Waals surface area contributed by atoms with Crippen LogP contribution in [0, 0.1) is 0 Å². The first-order valence-electron chi connectivity index (χ1n) is 25.1. The van der Waals surface area contributed by atoms with Crippen LogP contribution in [0.15, 0.2) is 5.16 Å². The minimum absolute atomic E-state index is 0.0772. The second-order valence-corrected chi connectivity index (χ2v) is 16.5. The number of rotatable bonds is 54. The summed E-state index contributed by atoms with van der Waals surface area (Å²) in [7, 11) is 0. The van der Waals surface area contributed by atoms with E-state index >= 15 is 0 Å².